The van der Waals surface area contributed by atoms with Crippen molar-refractivity contribution in [2.75, 3.05) is 0 Å². The molecule has 0 saturated carbocycles. The highest BCUT2D eigenvalue weighted by atomic mass is 14.8. The molecule has 2 heterocycles. The number of nitrogens with zero attached hydrogens (tertiary/aromatic N) is 2. The predicted octanol–water partition coefficient (Wildman–Crippen LogP) is 5.42. The van der Waals surface area contributed by atoms with Crippen LogP contribution in [0.5, 0.6) is 0 Å². The Morgan fingerprint density at radius 3 is 2.03 bits per heavy atom. The molecule has 0 aliphatic carbocycles. The van der Waals surface area contributed by atoms with Crippen molar-refractivity contribution in [3.63, 3.8) is 0 Å². The molecule has 3 heteroatoms. The number of rotatable bonds is 5. The molecule has 0 bridgehead atoms. The van der Waals surface area contributed by atoms with Gasteiger partial charge in [-0.15, -0.1) is 0 Å². The fourth-order valence-corrected chi connectivity index (χ4v) is 3.53. The van der Waals surface area contributed by atoms with Crippen LogP contribution < -0.4 is 5.46 Å². The molecule has 148 valence electrons. The van der Waals surface area contributed by atoms with Crippen molar-refractivity contribution in [1.29, 1.82) is 0 Å². The molecule has 0 atom stereocenters. The van der Waals surface area contributed by atoms with Gasteiger partial charge in [0.25, 0.3) is 0 Å². The SMILES string of the molecule is Bc1ccc(-c2cc(-c3ccc(C(C)(C)CC)cc3)nc(-c3ccccn3)c2)cc1. The molecule has 0 aliphatic heterocycles. The summed E-state index contributed by atoms with van der Waals surface area (Å²) in [5.41, 5.74) is 8.99. The van der Waals surface area contributed by atoms with Gasteiger partial charge in [-0.2, -0.15) is 0 Å². The van der Waals surface area contributed by atoms with E-state index in [0.717, 1.165) is 34.6 Å². The smallest absolute Gasteiger partial charge is 0.139 e. The highest BCUT2D eigenvalue weighted by Crippen LogP contribution is 2.32. The average Bonchev–Trinajstić information content (AvgIpc) is 2.80. The van der Waals surface area contributed by atoms with Gasteiger partial charge in [0.15, 0.2) is 0 Å². The summed E-state index contributed by atoms with van der Waals surface area (Å²) in [5, 5.41) is 0. The van der Waals surface area contributed by atoms with Crippen molar-refractivity contribution in [1.82, 2.24) is 9.97 Å². The van der Waals surface area contributed by atoms with Crippen molar-refractivity contribution < 1.29 is 0 Å². The van der Waals surface area contributed by atoms with Crippen LogP contribution in [0.3, 0.4) is 0 Å². The van der Waals surface area contributed by atoms with E-state index in [1.807, 2.05) is 24.4 Å². The second kappa shape index (κ2) is 8.27. The van der Waals surface area contributed by atoms with Crippen molar-refractivity contribution in [2.24, 2.45) is 0 Å². The molecule has 0 aliphatic rings. The van der Waals surface area contributed by atoms with Gasteiger partial charge in [0, 0.05) is 11.8 Å². The van der Waals surface area contributed by atoms with E-state index in [0.29, 0.717) is 0 Å². The van der Waals surface area contributed by atoms with Gasteiger partial charge in [0.2, 0.25) is 0 Å². The molecule has 0 amide bonds. The zero-order chi connectivity index (χ0) is 21.1. The van der Waals surface area contributed by atoms with Gasteiger partial charge in [0.05, 0.1) is 17.1 Å². The Morgan fingerprint density at radius 2 is 1.40 bits per heavy atom. The third kappa shape index (κ3) is 4.21. The zero-order valence-corrected chi connectivity index (χ0v) is 18.2. The molecule has 2 aromatic heterocycles. The van der Waals surface area contributed by atoms with Gasteiger partial charge < -0.3 is 0 Å². The second-order valence-electron chi connectivity index (χ2n) is 8.52. The van der Waals surface area contributed by atoms with Gasteiger partial charge in [0.1, 0.15) is 7.85 Å². The van der Waals surface area contributed by atoms with E-state index < -0.39 is 0 Å². The Bertz CT molecular complexity index is 1130. The van der Waals surface area contributed by atoms with Crippen LogP contribution in [0.1, 0.15) is 32.8 Å². The summed E-state index contributed by atoms with van der Waals surface area (Å²) in [6, 6.07) is 27.7. The monoisotopic (exact) mass is 390 g/mol. The molecule has 0 unspecified atom stereocenters. The standard InChI is InChI=1S/C27H27BN2/c1-4-27(2,3)22-12-8-20(9-13-22)25-17-21(19-10-14-23(28)15-11-19)18-26(30-25)24-7-5-6-16-29-24/h5-18H,4,28H2,1-3H3. The quantitative estimate of drug-likeness (QED) is 0.425. The summed E-state index contributed by atoms with van der Waals surface area (Å²) >= 11 is 0. The molecule has 4 aromatic rings. The highest BCUT2D eigenvalue weighted by molar-refractivity contribution is 6.32. The van der Waals surface area contributed by atoms with Crippen molar-refractivity contribution in [2.45, 2.75) is 32.6 Å². The van der Waals surface area contributed by atoms with Crippen LogP contribution in [0.15, 0.2) is 85.1 Å². The lowest BCUT2D eigenvalue weighted by molar-refractivity contribution is 0.506. The number of benzene rings is 2. The lowest BCUT2D eigenvalue weighted by atomic mass is 9.82. The first kappa shape index (κ1) is 20.1. The summed E-state index contributed by atoms with van der Waals surface area (Å²) < 4.78 is 0. The van der Waals surface area contributed by atoms with Crippen LogP contribution in [0.2, 0.25) is 0 Å². The number of aromatic nitrogens is 2. The molecule has 0 saturated heterocycles. The Morgan fingerprint density at radius 1 is 0.733 bits per heavy atom. The molecular weight excluding hydrogens is 363 g/mol. The maximum atomic E-state index is 4.97. The Labute approximate surface area is 180 Å². The second-order valence-corrected chi connectivity index (χ2v) is 8.52. The van der Waals surface area contributed by atoms with Crippen LogP contribution in [0, 0.1) is 0 Å². The number of hydrogen-bond donors (Lipinski definition) is 0. The van der Waals surface area contributed by atoms with Crippen LogP contribution in [0.4, 0.5) is 0 Å². The summed E-state index contributed by atoms with van der Waals surface area (Å²) in [6.07, 6.45) is 2.92. The normalized spacial score (nSPS) is 11.4. The Kier molecular flexibility index (Phi) is 5.54. The van der Waals surface area contributed by atoms with Crippen molar-refractivity contribution >= 4 is 13.3 Å². The van der Waals surface area contributed by atoms with E-state index in [9.17, 15) is 0 Å². The lowest BCUT2D eigenvalue weighted by Gasteiger charge is -2.23. The topological polar surface area (TPSA) is 25.8 Å². The van der Waals surface area contributed by atoms with E-state index in [1.165, 1.54) is 16.6 Å². The van der Waals surface area contributed by atoms with Crippen LogP contribution in [-0.2, 0) is 5.41 Å². The molecule has 0 spiro atoms. The zero-order valence-electron chi connectivity index (χ0n) is 18.2. The molecule has 30 heavy (non-hydrogen) atoms. The number of hydrogen-bond acceptors (Lipinski definition) is 2. The first-order valence-corrected chi connectivity index (χ1v) is 10.6. The lowest BCUT2D eigenvalue weighted by Crippen LogP contribution is -2.14. The fraction of sp³-hybridized carbons (Fsp3) is 0.185. The Balaban J connectivity index is 1.83. The van der Waals surface area contributed by atoms with E-state index >= 15 is 0 Å². The first-order valence-electron chi connectivity index (χ1n) is 10.6. The highest BCUT2D eigenvalue weighted by Gasteiger charge is 2.18. The first-order chi connectivity index (χ1) is 14.5. The molecule has 2 aromatic carbocycles. The predicted molar refractivity (Wildman–Crippen MR) is 130 cm³/mol. The van der Waals surface area contributed by atoms with E-state index in [4.69, 9.17) is 4.98 Å². The summed E-state index contributed by atoms with van der Waals surface area (Å²) in [6.45, 7) is 6.81. The van der Waals surface area contributed by atoms with Gasteiger partial charge in [-0.05, 0) is 52.8 Å². The van der Waals surface area contributed by atoms with Gasteiger partial charge >= 0.3 is 0 Å². The van der Waals surface area contributed by atoms with Gasteiger partial charge in [-0.3, -0.25) is 4.98 Å². The third-order valence-electron chi connectivity index (χ3n) is 5.98. The molecular formula is C27H27BN2. The molecule has 0 radical (unpaired) electrons. The summed E-state index contributed by atoms with van der Waals surface area (Å²) in [5.74, 6) is 0. The molecule has 0 N–H and O–H groups in total. The van der Waals surface area contributed by atoms with Gasteiger partial charge in [-0.25, -0.2) is 4.98 Å². The van der Waals surface area contributed by atoms with Gasteiger partial charge in [-0.1, -0.05) is 80.8 Å². The van der Waals surface area contributed by atoms with Crippen molar-refractivity contribution in [3.8, 4) is 33.8 Å². The molecule has 2 nitrogen and oxygen atoms in total. The largest absolute Gasteiger partial charge is 0.255 e. The van der Waals surface area contributed by atoms with Crippen LogP contribution in [0.25, 0.3) is 33.8 Å². The maximum Gasteiger partial charge on any atom is 0.139 e. The average molecular weight is 390 g/mol. The minimum Gasteiger partial charge on any atom is -0.255 e. The van der Waals surface area contributed by atoms with E-state index in [2.05, 4.69) is 94.3 Å². The Hall–Kier alpha value is -3.20. The molecule has 0 fully saturated rings. The number of pyridine rings is 2. The summed E-state index contributed by atoms with van der Waals surface area (Å²) in [7, 11) is 2.11. The minimum absolute atomic E-state index is 0.175. The van der Waals surface area contributed by atoms with Crippen LogP contribution >= 0.6 is 0 Å². The molecule has 4 rings (SSSR count). The third-order valence-corrected chi connectivity index (χ3v) is 5.98. The van der Waals surface area contributed by atoms with Crippen LogP contribution in [-0.4, -0.2) is 17.8 Å². The fourth-order valence-electron chi connectivity index (χ4n) is 3.53. The maximum absolute atomic E-state index is 4.97. The summed E-state index contributed by atoms with van der Waals surface area (Å²) in [4.78, 5) is 9.49. The van der Waals surface area contributed by atoms with E-state index in [-0.39, 0.29) is 5.41 Å². The van der Waals surface area contributed by atoms with Crippen molar-refractivity contribution in [3.05, 3.63) is 90.6 Å². The van der Waals surface area contributed by atoms with E-state index in [1.54, 1.807) is 0 Å². The minimum atomic E-state index is 0.175.